The third-order valence-electron chi connectivity index (χ3n) is 4.88. The van der Waals surface area contributed by atoms with Gasteiger partial charge in [0, 0.05) is 25.2 Å². The van der Waals surface area contributed by atoms with Crippen molar-refractivity contribution in [3.8, 4) is 0 Å². The Kier molecular flexibility index (Phi) is 5.96. The van der Waals surface area contributed by atoms with Crippen LogP contribution in [-0.4, -0.2) is 36.9 Å². The molecule has 0 unspecified atom stereocenters. The van der Waals surface area contributed by atoms with Crippen molar-refractivity contribution in [1.29, 1.82) is 0 Å². The lowest BCUT2D eigenvalue weighted by Gasteiger charge is -2.25. The predicted octanol–water partition coefficient (Wildman–Crippen LogP) is 2.32. The fraction of sp³-hybridized carbons (Fsp3) is 0.474. The molecular formula is C19H25N3O4S. The van der Waals surface area contributed by atoms with Crippen molar-refractivity contribution >= 4 is 15.9 Å². The summed E-state index contributed by atoms with van der Waals surface area (Å²) >= 11 is 0. The Bertz CT molecular complexity index is 878. The van der Waals surface area contributed by atoms with Gasteiger partial charge in [0.1, 0.15) is 5.76 Å². The summed E-state index contributed by atoms with van der Waals surface area (Å²) in [5.74, 6) is 0.518. The average molecular weight is 391 g/mol. The molecule has 1 aliphatic rings. The van der Waals surface area contributed by atoms with Gasteiger partial charge in [0.2, 0.25) is 15.9 Å². The van der Waals surface area contributed by atoms with Crippen molar-refractivity contribution in [3.63, 3.8) is 0 Å². The molecule has 1 N–H and O–H groups in total. The smallest absolute Gasteiger partial charge is 0.243 e. The van der Waals surface area contributed by atoms with E-state index in [0.29, 0.717) is 30.3 Å². The number of aromatic nitrogens is 1. The highest BCUT2D eigenvalue weighted by Gasteiger charge is 2.25. The molecule has 1 aromatic heterocycles. The van der Waals surface area contributed by atoms with Crippen LogP contribution in [0.4, 0.5) is 0 Å². The van der Waals surface area contributed by atoms with Gasteiger partial charge < -0.3 is 9.84 Å². The highest BCUT2D eigenvalue weighted by Crippen LogP contribution is 2.21. The fourth-order valence-corrected chi connectivity index (χ4v) is 4.73. The molecule has 8 heteroatoms. The van der Waals surface area contributed by atoms with Crippen LogP contribution in [0, 0.1) is 13.8 Å². The van der Waals surface area contributed by atoms with E-state index in [1.54, 1.807) is 42.4 Å². The lowest BCUT2D eigenvalue weighted by Crippen LogP contribution is -2.35. The van der Waals surface area contributed by atoms with Crippen LogP contribution in [0.1, 0.15) is 41.8 Å². The molecule has 2 aromatic rings. The number of nitrogens with zero attached hydrogens (tertiary/aromatic N) is 2. The number of hydrogen-bond donors (Lipinski definition) is 1. The number of sulfonamides is 1. The molecule has 27 heavy (non-hydrogen) atoms. The molecule has 1 saturated heterocycles. The minimum absolute atomic E-state index is 0.130. The summed E-state index contributed by atoms with van der Waals surface area (Å²) in [5, 5.41) is 6.69. The summed E-state index contributed by atoms with van der Waals surface area (Å²) in [7, 11) is -3.43. The first kappa shape index (κ1) is 19.6. The van der Waals surface area contributed by atoms with E-state index < -0.39 is 10.0 Å². The molecule has 1 aromatic carbocycles. The second-order valence-electron chi connectivity index (χ2n) is 6.86. The van der Waals surface area contributed by atoms with Gasteiger partial charge in [-0.15, -0.1) is 0 Å². The van der Waals surface area contributed by atoms with E-state index in [2.05, 4.69) is 10.5 Å². The molecule has 0 aliphatic carbocycles. The average Bonchev–Trinajstić information content (AvgIpc) is 2.99. The summed E-state index contributed by atoms with van der Waals surface area (Å²) in [6.45, 7) is 5.10. The first-order valence-corrected chi connectivity index (χ1v) is 10.6. The summed E-state index contributed by atoms with van der Waals surface area (Å²) < 4.78 is 31.9. The zero-order chi connectivity index (χ0) is 19.4. The summed E-state index contributed by atoms with van der Waals surface area (Å²) in [5.41, 5.74) is 2.37. The summed E-state index contributed by atoms with van der Waals surface area (Å²) in [6.07, 6.45) is 3.12. The van der Waals surface area contributed by atoms with Gasteiger partial charge in [-0.25, -0.2) is 8.42 Å². The van der Waals surface area contributed by atoms with Crippen molar-refractivity contribution in [2.24, 2.45) is 0 Å². The van der Waals surface area contributed by atoms with Crippen molar-refractivity contribution in [1.82, 2.24) is 14.8 Å². The zero-order valence-corrected chi connectivity index (χ0v) is 16.5. The normalized spacial score (nSPS) is 15.6. The second-order valence-corrected chi connectivity index (χ2v) is 8.80. The maximum absolute atomic E-state index is 12.6. The monoisotopic (exact) mass is 391 g/mol. The number of piperidine rings is 1. The Hall–Kier alpha value is -2.19. The van der Waals surface area contributed by atoms with E-state index in [0.717, 1.165) is 36.1 Å². The van der Waals surface area contributed by atoms with E-state index in [9.17, 15) is 13.2 Å². The van der Waals surface area contributed by atoms with Crippen molar-refractivity contribution < 1.29 is 17.7 Å². The number of benzene rings is 1. The number of carbonyl (C=O) groups excluding carboxylic acids is 1. The highest BCUT2D eigenvalue weighted by atomic mass is 32.2. The minimum Gasteiger partial charge on any atom is -0.361 e. The van der Waals surface area contributed by atoms with E-state index in [4.69, 9.17) is 4.52 Å². The Labute approximate surface area is 159 Å². The van der Waals surface area contributed by atoms with Gasteiger partial charge in [0.05, 0.1) is 17.0 Å². The number of hydrogen-bond acceptors (Lipinski definition) is 5. The minimum atomic E-state index is -3.43. The standard InChI is InChI=1S/C19H25N3O4S/c1-14-18(15(2)26-21-14)12-19(23)20-13-16-6-8-17(9-7-16)27(24,25)22-10-4-3-5-11-22/h6-9H,3-5,10-13H2,1-2H3,(H,20,23). The quantitative estimate of drug-likeness (QED) is 0.816. The highest BCUT2D eigenvalue weighted by molar-refractivity contribution is 7.89. The van der Waals surface area contributed by atoms with Crippen molar-refractivity contribution in [2.45, 2.75) is 51.0 Å². The van der Waals surface area contributed by atoms with E-state index >= 15 is 0 Å². The Morgan fingerprint density at radius 1 is 1.15 bits per heavy atom. The molecule has 1 aliphatic heterocycles. The summed E-state index contributed by atoms with van der Waals surface area (Å²) in [6, 6.07) is 6.71. The van der Waals surface area contributed by atoms with Gasteiger partial charge in [-0.3, -0.25) is 4.79 Å². The Morgan fingerprint density at radius 2 is 1.81 bits per heavy atom. The molecule has 7 nitrogen and oxygen atoms in total. The van der Waals surface area contributed by atoms with E-state index in [1.807, 2.05) is 0 Å². The van der Waals surface area contributed by atoms with Gasteiger partial charge in [-0.2, -0.15) is 4.31 Å². The first-order valence-electron chi connectivity index (χ1n) is 9.15. The molecule has 3 rings (SSSR count). The molecule has 1 fully saturated rings. The molecule has 0 bridgehead atoms. The number of carbonyl (C=O) groups is 1. The molecule has 2 heterocycles. The van der Waals surface area contributed by atoms with Gasteiger partial charge >= 0.3 is 0 Å². The van der Waals surface area contributed by atoms with Crippen LogP contribution >= 0.6 is 0 Å². The molecule has 146 valence electrons. The lowest BCUT2D eigenvalue weighted by atomic mass is 10.1. The van der Waals surface area contributed by atoms with Crippen LogP contribution in [0.25, 0.3) is 0 Å². The number of nitrogens with one attached hydrogen (secondary N) is 1. The maximum Gasteiger partial charge on any atom is 0.243 e. The predicted molar refractivity (Wildman–Crippen MR) is 101 cm³/mol. The fourth-order valence-electron chi connectivity index (χ4n) is 3.21. The van der Waals surface area contributed by atoms with Gasteiger partial charge in [0.15, 0.2) is 0 Å². The molecule has 0 atom stereocenters. The Balaban J connectivity index is 1.58. The topological polar surface area (TPSA) is 92.5 Å². The van der Waals surface area contributed by atoms with Crippen LogP contribution in [0.5, 0.6) is 0 Å². The number of amides is 1. The molecule has 0 saturated carbocycles. The van der Waals surface area contributed by atoms with Crippen LogP contribution in [-0.2, 0) is 27.8 Å². The van der Waals surface area contributed by atoms with Crippen LogP contribution in [0.2, 0.25) is 0 Å². The zero-order valence-electron chi connectivity index (χ0n) is 15.7. The Morgan fingerprint density at radius 3 is 2.41 bits per heavy atom. The van der Waals surface area contributed by atoms with E-state index in [1.165, 1.54) is 0 Å². The van der Waals surface area contributed by atoms with Gasteiger partial charge in [-0.05, 0) is 44.4 Å². The molecule has 0 radical (unpaired) electrons. The van der Waals surface area contributed by atoms with Crippen molar-refractivity contribution in [2.75, 3.05) is 13.1 Å². The van der Waals surface area contributed by atoms with Crippen LogP contribution < -0.4 is 5.32 Å². The lowest BCUT2D eigenvalue weighted by molar-refractivity contribution is -0.120. The first-order chi connectivity index (χ1) is 12.9. The molecular weight excluding hydrogens is 366 g/mol. The third kappa shape index (κ3) is 4.56. The van der Waals surface area contributed by atoms with E-state index in [-0.39, 0.29) is 12.3 Å². The number of rotatable bonds is 6. The van der Waals surface area contributed by atoms with Crippen LogP contribution in [0.15, 0.2) is 33.7 Å². The number of aryl methyl sites for hydroxylation is 2. The second kappa shape index (κ2) is 8.22. The maximum atomic E-state index is 12.6. The van der Waals surface area contributed by atoms with Crippen molar-refractivity contribution in [3.05, 3.63) is 46.8 Å². The largest absolute Gasteiger partial charge is 0.361 e. The van der Waals surface area contributed by atoms with Crippen LogP contribution in [0.3, 0.4) is 0 Å². The SMILES string of the molecule is Cc1noc(C)c1CC(=O)NCc1ccc(S(=O)(=O)N2CCCCC2)cc1. The summed E-state index contributed by atoms with van der Waals surface area (Å²) in [4.78, 5) is 12.4. The third-order valence-corrected chi connectivity index (χ3v) is 6.80. The molecule has 1 amide bonds. The van der Waals surface area contributed by atoms with Gasteiger partial charge in [0.25, 0.3) is 0 Å². The molecule has 0 spiro atoms. The van der Waals surface area contributed by atoms with Gasteiger partial charge in [-0.1, -0.05) is 23.7 Å².